The van der Waals surface area contributed by atoms with Crippen molar-refractivity contribution in [1.29, 1.82) is 0 Å². The minimum absolute atomic E-state index is 0.275. The summed E-state index contributed by atoms with van der Waals surface area (Å²) in [4.78, 5) is 24.1. The van der Waals surface area contributed by atoms with Gasteiger partial charge in [-0.3, -0.25) is 4.79 Å². The monoisotopic (exact) mass is 429 g/mol. The van der Waals surface area contributed by atoms with Gasteiger partial charge in [0.1, 0.15) is 12.4 Å². The lowest BCUT2D eigenvalue weighted by molar-refractivity contribution is -0.119. The number of halogens is 2. The van der Waals surface area contributed by atoms with E-state index in [9.17, 15) is 9.59 Å². The highest BCUT2D eigenvalue weighted by molar-refractivity contribution is 6.39. The average Bonchev–Trinajstić information content (AvgIpc) is 2.74. The van der Waals surface area contributed by atoms with Crippen molar-refractivity contribution in [3.63, 3.8) is 0 Å². The van der Waals surface area contributed by atoms with E-state index in [1.165, 1.54) is 0 Å². The van der Waals surface area contributed by atoms with Gasteiger partial charge in [-0.25, -0.2) is 4.79 Å². The Bertz CT molecular complexity index is 971. The van der Waals surface area contributed by atoms with Crippen molar-refractivity contribution in [3.8, 4) is 5.75 Å². The molecule has 0 aliphatic rings. The van der Waals surface area contributed by atoms with Crippen LogP contribution >= 0.6 is 23.2 Å². The van der Waals surface area contributed by atoms with E-state index in [-0.39, 0.29) is 5.69 Å². The van der Waals surface area contributed by atoms with Crippen molar-refractivity contribution in [2.75, 3.05) is 11.9 Å². The Kier molecular flexibility index (Phi) is 7.11. The van der Waals surface area contributed by atoms with Gasteiger partial charge in [-0.2, -0.15) is 0 Å². The van der Waals surface area contributed by atoms with Crippen LogP contribution in [0.3, 0.4) is 0 Å². The lowest BCUT2D eigenvalue weighted by Crippen LogP contribution is -2.21. The highest BCUT2D eigenvalue weighted by atomic mass is 35.5. The molecule has 0 saturated heterocycles. The average molecular weight is 430 g/mol. The van der Waals surface area contributed by atoms with Crippen LogP contribution < -0.4 is 10.1 Å². The molecule has 0 fully saturated rings. The second-order valence-electron chi connectivity index (χ2n) is 6.02. The molecular weight excluding hydrogens is 413 g/mol. The minimum atomic E-state index is -0.625. The summed E-state index contributed by atoms with van der Waals surface area (Å²) in [5.74, 6) is -0.548. The second kappa shape index (κ2) is 9.96. The van der Waals surface area contributed by atoms with Gasteiger partial charge < -0.3 is 14.8 Å². The number of carbonyl (C=O) groups is 2. The van der Waals surface area contributed by atoms with Crippen molar-refractivity contribution >= 4 is 40.8 Å². The van der Waals surface area contributed by atoms with Gasteiger partial charge in [0.2, 0.25) is 0 Å². The lowest BCUT2D eigenvalue weighted by Gasteiger charge is -2.10. The van der Waals surface area contributed by atoms with Crippen LogP contribution in [-0.4, -0.2) is 18.5 Å². The molecule has 3 aromatic carbocycles. The van der Waals surface area contributed by atoms with E-state index < -0.39 is 18.5 Å². The molecule has 3 aromatic rings. The van der Waals surface area contributed by atoms with E-state index in [4.69, 9.17) is 32.7 Å². The number of esters is 1. The van der Waals surface area contributed by atoms with Crippen molar-refractivity contribution in [2.24, 2.45) is 0 Å². The molecule has 1 N–H and O–H groups in total. The molecule has 0 radical (unpaired) electrons. The quantitative estimate of drug-likeness (QED) is 0.512. The molecule has 0 aliphatic carbocycles. The molecule has 0 atom stereocenters. The summed E-state index contributed by atoms with van der Waals surface area (Å²) in [6.07, 6.45) is 0. The fraction of sp³-hybridized carbons (Fsp3) is 0.0909. The van der Waals surface area contributed by atoms with Crippen LogP contribution in [0.25, 0.3) is 0 Å². The number of hydrogen-bond acceptors (Lipinski definition) is 4. The molecule has 5 nitrogen and oxygen atoms in total. The SMILES string of the molecule is O=C(COC(=O)c1ccc(OCc2ccccc2)cc1)Nc1c(Cl)cccc1Cl. The first-order valence-corrected chi connectivity index (χ1v) is 9.46. The van der Waals surface area contributed by atoms with Crippen molar-refractivity contribution in [2.45, 2.75) is 6.61 Å². The van der Waals surface area contributed by atoms with Crippen LogP contribution in [0.2, 0.25) is 10.0 Å². The lowest BCUT2D eigenvalue weighted by atomic mass is 10.2. The zero-order chi connectivity index (χ0) is 20.6. The highest BCUT2D eigenvalue weighted by Crippen LogP contribution is 2.29. The van der Waals surface area contributed by atoms with E-state index in [0.29, 0.717) is 28.0 Å². The first kappa shape index (κ1) is 20.7. The third kappa shape index (κ3) is 5.98. The Morgan fingerprint density at radius 1 is 0.828 bits per heavy atom. The van der Waals surface area contributed by atoms with Crippen LogP contribution in [-0.2, 0) is 16.1 Å². The summed E-state index contributed by atoms with van der Waals surface area (Å²) >= 11 is 12.0. The number of hydrogen-bond donors (Lipinski definition) is 1. The van der Waals surface area contributed by atoms with Crippen LogP contribution in [0.15, 0.2) is 72.8 Å². The molecule has 0 aromatic heterocycles. The second-order valence-corrected chi connectivity index (χ2v) is 6.83. The summed E-state index contributed by atoms with van der Waals surface area (Å²) in [7, 11) is 0. The molecule has 1 amide bonds. The molecule has 0 bridgehead atoms. The van der Waals surface area contributed by atoms with Crippen molar-refractivity contribution in [3.05, 3.63) is 94.0 Å². The van der Waals surface area contributed by atoms with E-state index in [1.54, 1.807) is 42.5 Å². The first-order valence-electron chi connectivity index (χ1n) is 8.70. The number of rotatable bonds is 7. The Labute approximate surface area is 178 Å². The van der Waals surface area contributed by atoms with Gasteiger partial charge in [-0.05, 0) is 42.0 Å². The summed E-state index contributed by atoms with van der Waals surface area (Å²) in [6.45, 7) is -0.0396. The van der Waals surface area contributed by atoms with Gasteiger partial charge in [-0.15, -0.1) is 0 Å². The molecule has 0 heterocycles. The maximum Gasteiger partial charge on any atom is 0.338 e. The molecule has 0 spiro atoms. The summed E-state index contributed by atoms with van der Waals surface area (Å²) in [5.41, 5.74) is 1.62. The van der Waals surface area contributed by atoms with Crippen molar-refractivity contribution in [1.82, 2.24) is 0 Å². The van der Waals surface area contributed by atoms with Gasteiger partial charge in [-0.1, -0.05) is 59.6 Å². The number of nitrogens with one attached hydrogen (secondary N) is 1. The molecule has 7 heteroatoms. The number of anilines is 1. The standard InChI is InChI=1S/C22H17Cl2NO4/c23-18-7-4-8-19(24)21(18)25-20(26)14-29-22(27)16-9-11-17(12-10-16)28-13-15-5-2-1-3-6-15/h1-12H,13-14H2,(H,25,26). The zero-order valence-electron chi connectivity index (χ0n) is 15.2. The molecule has 29 heavy (non-hydrogen) atoms. The van der Waals surface area contributed by atoms with Crippen LogP contribution in [0, 0.1) is 0 Å². The molecule has 3 rings (SSSR count). The predicted molar refractivity (Wildman–Crippen MR) is 113 cm³/mol. The van der Waals surface area contributed by atoms with Gasteiger partial charge >= 0.3 is 5.97 Å². The molecule has 0 aliphatic heterocycles. The van der Waals surface area contributed by atoms with Crippen molar-refractivity contribution < 1.29 is 19.1 Å². The summed E-state index contributed by atoms with van der Waals surface area (Å²) in [5, 5.41) is 3.12. The third-order valence-electron chi connectivity index (χ3n) is 3.90. The van der Waals surface area contributed by atoms with Gasteiger partial charge in [0.05, 0.1) is 21.3 Å². The summed E-state index contributed by atoms with van der Waals surface area (Å²) in [6, 6.07) is 21.1. The van der Waals surface area contributed by atoms with Crippen LogP contribution in [0.1, 0.15) is 15.9 Å². The van der Waals surface area contributed by atoms with Crippen LogP contribution in [0.4, 0.5) is 5.69 Å². The molecule has 0 unspecified atom stereocenters. The maximum absolute atomic E-state index is 12.1. The fourth-order valence-electron chi connectivity index (χ4n) is 2.44. The highest BCUT2D eigenvalue weighted by Gasteiger charge is 2.13. The Morgan fingerprint density at radius 3 is 2.14 bits per heavy atom. The Hall–Kier alpha value is -3.02. The topological polar surface area (TPSA) is 64.6 Å². The summed E-state index contributed by atoms with van der Waals surface area (Å²) < 4.78 is 10.7. The minimum Gasteiger partial charge on any atom is -0.489 e. The number of para-hydroxylation sites is 1. The first-order chi connectivity index (χ1) is 14.0. The number of carbonyl (C=O) groups excluding carboxylic acids is 2. The van der Waals surface area contributed by atoms with Gasteiger partial charge in [0.25, 0.3) is 5.91 Å². The number of ether oxygens (including phenoxy) is 2. The smallest absolute Gasteiger partial charge is 0.338 e. The third-order valence-corrected chi connectivity index (χ3v) is 4.53. The predicted octanol–water partition coefficient (Wildman–Crippen LogP) is 5.37. The van der Waals surface area contributed by atoms with Crippen LogP contribution in [0.5, 0.6) is 5.75 Å². The fourth-order valence-corrected chi connectivity index (χ4v) is 2.93. The molecule has 148 valence electrons. The van der Waals surface area contributed by atoms with E-state index >= 15 is 0 Å². The largest absolute Gasteiger partial charge is 0.489 e. The van der Waals surface area contributed by atoms with Gasteiger partial charge in [0, 0.05) is 0 Å². The van der Waals surface area contributed by atoms with Gasteiger partial charge in [0.15, 0.2) is 6.61 Å². The number of amides is 1. The van der Waals surface area contributed by atoms with E-state index in [2.05, 4.69) is 5.32 Å². The zero-order valence-corrected chi connectivity index (χ0v) is 16.7. The number of benzene rings is 3. The van der Waals surface area contributed by atoms with E-state index in [0.717, 1.165) is 5.56 Å². The molecular formula is C22H17Cl2NO4. The Balaban J connectivity index is 1.49. The van der Waals surface area contributed by atoms with E-state index in [1.807, 2.05) is 30.3 Å². The Morgan fingerprint density at radius 2 is 1.48 bits per heavy atom. The maximum atomic E-state index is 12.1. The normalized spacial score (nSPS) is 10.3. The molecule has 0 saturated carbocycles.